The monoisotopic (exact) mass is 214 g/mol. The lowest BCUT2D eigenvalue weighted by atomic mass is 9.93. The number of aliphatic hydroxyl groups is 2. The van der Waals surface area contributed by atoms with Crippen molar-refractivity contribution in [2.75, 3.05) is 19.8 Å². The second-order valence-corrected chi connectivity index (χ2v) is 4.09. The van der Waals surface area contributed by atoms with E-state index in [-0.39, 0.29) is 13.2 Å². The Morgan fingerprint density at radius 3 is 2.60 bits per heavy atom. The number of aliphatic hydroxyl groups excluding tert-OH is 2. The molecule has 0 unspecified atom stereocenters. The van der Waals surface area contributed by atoms with Crippen molar-refractivity contribution in [1.29, 1.82) is 0 Å². The van der Waals surface area contributed by atoms with Crippen molar-refractivity contribution in [3.05, 3.63) is 12.2 Å². The second-order valence-electron chi connectivity index (χ2n) is 4.09. The largest absolute Gasteiger partial charge is 0.396 e. The van der Waals surface area contributed by atoms with E-state index < -0.39 is 5.41 Å². The van der Waals surface area contributed by atoms with Gasteiger partial charge in [-0.15, -0.1) is 10.2 Å². The van der Waals surface area contributed by atoms with Crippen LogP contribution in [0.2, 0.25) is 0 Å². The Labute approximate surface area is 89.0 Å². The Hall–Kier alpha value is -0.980. The van der Waals surface area contributed by atoms with Gasteiger partial charge >= 0.3 is 0 Å². The lowest BCUT2D eigenvalue weighted by molar-refractivity contribution is 0.0693. The number of hydrogen-bond donors (Lipinski definition) is 3. The summed E-state index contributed by atoms with van der Waals surface area (Å²) in [7, 11) is 1.87. The lowest BCUT2D eigenvalue weighted by Gasteiger charge is -2.24. The van der Waals surface area contributed by atoms with E-state index in [4.69, 9.17) is 10.2 Å². The molecule has 0 spiro atoms. The lowest BCUT2D eigenvalue weighted by Crippen LogP contribution is -2.37. The molecule has 1 heterocycles. The second kappa shape index (κ2) is 5.20. The molecule has 1 rings (SSSR count). The number of rotatable bonds is 6. The van der Waals surface area contributed by atoms with E-state index in [0.717, 1.165) is 5.82 Å². The summed E-state index contributed by atoms with van der Waals surface area (Å²) in [6.07, 6.45) is 1.63. The highest BCUT2D eigenvalue weighted by molar-refractivity contribution is 4.84. The summed E-state index contributed by atoms with van der Waals surface area (Å²) in [5.74, 6) is 0.827. The molecule has 0 aliphatic rings. The fourth-order valence-electron chi connectivity index (χ4n) is 1.11. The standard InChI is InChI=1S/C9H18N4O2/c1-9(5-14,6-15)4-10-3-8-12-11-7-13(8)2/h7,10,14-15H,3-6H2,1-2H3. The minimum atomic E-state index is -0.488. The maximum Gasteiger partial charge on any atom is 0.146 e. The third-order valence-corrected chi connectivity index (χ3v) is 2.40. The van der Waals surface area contributed by atoms with Crippen LogP contribution in [0.4, 0.5) is 0 Å². The molecule has 0 aromatic carbocycles. The van der Waals surface area contributed by atoms with Crippen LogP contribution in [0, 0.1) is 5.41 Å². The third kappa shape index (κ3) is 3.26. The molecule has 86 valence electrons. The highest BCUT2D eigenvalue weighted by Crippen LogP contribution is 2.12. The molecular formula is C9H18N4O2. The van der Waals surface area contributed by atoms with Crippen LogP contribution in [0.5, 0.6) is 0 Å². The SMILES string of the molecule is Cn1cnnc1CNCC(C)(CO)CO. The quantitative estimate of drug-likeness (QED) is 0.559. The Morgan fingerprint density at radius 2 is 2.13 bits per heavy atom. The molecule has 0 bridgehead atoms. The van der Waals surface area contributed by atoms with Crippen LogP contribution in [0.3, 0.4) is 0 Å². The molecule has 0 atom stereocenters. The van der Waals surface area contributed by atoms with Crippen LogP contribution in [0.25, 0.3) is 0 Å². The number of nitrogens with one attached hydrogen (secondary N) is 1. The van der Waals surface area contributed by atoms with Crippen LogP contribution < -0.4 is 5.32 Å². The van der Waals surface area contributed by atoms with E-state index in [0.29, 0.717) is 13.1 Å². The van der Waals surface area contributed by atoms with Gasteiger partial charge in [-0.25, -0.2) is 0 Å². The first-order valence-corrected chi connectivity index (χ1v) is 4.86. The van der Waals surface area contributed by atoms with E-state index in [1.807, 2.05) is 18.5 Å². The van der Waals surface area contributed by atoms with Crippen LogP contribution >= 0.6 is 0 Å². The van der Waals surface area contributed by atoms with E-state index in [1.54, 1.807) is 6.33 Å². The van der Waals surface area contributed by atoms with Gasteiger partial charge in [0, 0.05) is 19.0 Å². The van der Waals surface area contributed by atoms with Gasteiger partial charge in [0.05, 0.1) is 19.8 Å². The van der Waals surface area contributed by atoms with Gasteiger partial charge in [0.2, 0.25) is 0 Å². The predicted octanol–water partition coefficient (Wildman–Crippen LogP) is -1.10. The highest BCUT2D eigenvalue weighted by atomic mass is 16.3. The Morgan fingerprint density at radius 1 is 1.47 bits per heavy atom. The summed E-state index contributed by atoms with van der Waals surface area (Å²) in [5, 5.41) is 28.9. The molecule has 3 N–H and O–H groups in total. The molecule has 1 aromatic rings. The molecule has 0 aliphatic heterocycles. The highest BCUT2D eigenvalue weighted by Gasteiger charge is 2.21. The van der Waals surface area contributed by atoms with Crippen LogP contribution in [-0.2, 0) is 13.6 Å². The zero-order chi connectivity index (χ0) is 11.3. The molecule has 15 heavy (non-hydrogen) atoms. The molecule has 1 aromatic heterocycles. The summed E-state index contributed by atoms with van der Waals surface area (Å²) in [6, 6.07) is 0. The average molecular weight is 214 g/mol. The number of aryl methyl sites for hydroxylation is 1. The Kier molecular flexibility index (Phi) is 4.19. The smallest absolute Gasteiger partial charge is 0.146 e. The Bertz CT molecular complexity index is 296. The summed E-state index contributed by atoms with van der Waals surface area (Å²) in [5.41, 5.74) is -0.488. The van der Waals surface area contributed by atoms with E-state index in [2.05, 4.69) is 15.5 Å². The van der Waals surface area contributed by atoms with Gasteiger partial charge in [0.1, 0.15) is 12.2 Å². The fraction of sp³-hybridized carbons (Fsp3) is 0.778. The first kappa shape index (κ1) is 12.1. The first-order valence-electron chi connectivity index (χ1n) is 4.86. The molecule has 0 saturated carbocycles. The molecule has 6 nitrogen and oxygen atoms in total. The van der Waals surface area contributed by atoms with Crippen LogP contribution in [-0.4, -0.2) is 44.7 Å². The van der Waals surface area contributed by atoms with Crippen molar-refractivity contribution >= 4 is 0 Å². The van der Waals surface area contributed by atoms with Crippen molar-refractivity contribution in [3.63, 3.8) is 0 Å². The maximum atomic E-state index is 9.06. The van der Waals surface area contributed by atoms with Crippen LogP contribution in [0.15, 0.2) is 6.33 Å². The predicted molar refractivity (Wildman–Crippen MR) is 55.0 cm³/mol. The van der Waals surface area contributed by atoms with E-state index >= 15 is 0 Å². The molecule has 0 saturated heterocycles. The number of hydrogen-bond acceptors (Lipinski definition) is 5. The third-order valence-electron chi connectivity index (χ3n) is 2.40. The summed E-state index contributed by atoms with van der Waals surface area (Å²) < 4.78 is 1.82. The first-order chi connectivity index (χ1) is 7.11. The zero-order valence-corrected chi connectivity index (χ0v) is 9.14. The molecule has 6 heteroatoms. The number of aromatic nitrogens is 3. The topological polar surface area (TPSA) is 83.2 Å². The molecule has 0 amide bonds. The molecule has 0 radical (unpaired) electrons. The molecular weight excluding hydrogens is 196 g/mol. The Balaban J connectivity index is 2.36. The van der Waals surface area contributed by atoms with E-state index in [9.17, 15) is 0 Å². The van der Waals surface area contributed by atoms with Gasteiger partial charge in [0.15, 0.2) is 0 Å². The minimum absolute atomic E-state index is 0.0463. The normalized spacial score (nSPS) is 12.0. The van der Waals surface area contributed by atoms with Gasteiger partial charge in [-0.1, -0.05) is 6.92 Å². The summed E-state index contributed by atoms with van der Waals surface area (Å²) in [4.78, 5) is 0. The molecule has 0 fully saturated rings. The zero-order valence-electron chi connectivity index (χ0n) is 9.14. The van der Waals surface area contributed by atoms with Crippen molar-refractivity contribution in [1.82, 2.24) is 20.1 Å². The van der Waals surface area contributed by atoms with Crippen molar-refractivity contribution in [3.8, 4) is 0 Å². The maximum absolute atomic E-state index is 9.06. The van der Waals surface area contributed by atoms with Gasteiger partial charge in [-0.3, -0.25) is 0 Å². The summed E-state index contributed by atoms with van der Waals surface area (Å²) in [6.45, 7) is 2.83. The van der Waals surface area contributed by atoms with Gasteiger partial charge in [-0.05, 0) is 0 Å². The van der Waals surface area contributed by atoms with Gasteiger partial charge < -0.3 is 20.1 Å². The van der Waals surface area contributed by atoms with Gasteiger partial charge in [0.25, 0.3) is 0 Å². The average Bonchev–Trinajstić information content (AvgIpc) is 2.64. The van der Waals surface area contributed by atoms with Gasteiger partial charge in [-0.2, -0.15) is 0 Å². The van der Waals surface area contributed by atoms with Crippen LogP contribution in [0.1, 0.15) is 12.7 Å². The van der Waals surface area contributed by atoms with Crippen molar-refractivity contribution in [2.24, 2.45) is 12.5 Å². The number of nitrogens with zero attached hydrogens (tertiary/aromatic N) is 3. The fourth-order valence-corrected chi connectivity index (χ4v) is 1.11. The van der Waals surface area contributed by atoms with E-state index in [1.165, 1.54) is 0 Å². The van der Waals surface area contributed by atoms with Crippen molar-refractivity contribution < 1.29 is 10.2 Å². The minimum Gasteiger partial charge on any atom is -0.396 e. The molecule has 0 aliphatic carbocycles. The summed E-state index contributed by atoms with van der Waals surface area (Å²) >= 11 is 0. The van der Waals surface area contributed by atoms with Crippen molar-refractivity contribution in [2.45, 2.75) is 13.5 Å².